The molecule has 0 saturated heterocycles. The zero-order valence-electron chi connectivity index (χ0n) is 19.9. The summed E-state index contributed by atoms with van der Waals surface area (Å²) in [6.07, 6.45) is 0.731. The lowest BCUT2D eigenvalue weighted by atomic mass is 10.5. The van der Waals surface area contributed by atoms with Gasteiger partial charge in [0, 0.05) is 58.8 Å². The Morgan fingerprint density at radius 3 is 1.27 bits per heavy atom. The van der Waals surface area contributed by atoms with E-state index in [4.69, 9.17) is 36.7 Å². The molecule has 0 radical (unpaired) electrons. The minimum Gasteiger partial charge on any atom is -0.374 e. The monoisotopic (exact) mass is 472 g/mol. The van der Waals surface area contributed by atoms with Crippen molar-refractivity contribution in [3.63, 3.8) is 0 Å². The molecule has 0 aliphatic rings. The number of rotatable bonds is 18. The van der Waals surface area contributed by atoms with Gasteiger partial charge in [-0.1, -0.05) is 0 Å². The number of amides is 2. The molecule has 0 bridgehead atoms. The molecule has 0 atom stereocenters. The second-order valence-electron chi connectivity index (χ2n) is 5.61. The van der Waals surface area contributed by atoms with Crippen molar-refractivity contribution in [2.24, 2.45) is 5.73 Å². The third kappa shape index (κ3) is 15.3. The van der Waals surface area contributed by atoms with Crippen LogP contribution in [0.3, 0.4) is 0 Å². The van der Waals surface area contributed by atoms with E-state index in [1.807, 2.05) is 48.5 Å². The summed E-state index contributed by atoms with van der Waals surface area (Å²) in [6.45, 7) is 17.8. The molecule has 0 aliphatic carbocycles. The van der Waals surface area contributed by atoms with E-state index in [1.54, 1.807) is 0 Å². The first-order valence-electron chi connectivity index (χ1n) is 10.8. The van der Waals surface area contributed by atoms with Gasteiger partial charge in [-0.25, -0.2) is 4.79 Å². The summed E-state index contributed by atoms with van der Waals surface area (Å²) in [5.74, 6) is 0. The smallest absolute Gasteiger partial charge is 0.374 e. The molecule has 0 fully saturated rings. The Labute approximate surface area is 184 Å². The number of carbonyl (C=O) groups excluding carboxylic acids is 1. The molecule has 0 aromatic carbocycles. The second kappa shape index (κ2) is 20.3. The van der Waals surface area contributed by atoms with Crippen molar-refractivity contribution >= 4 is 23.9 Å². The Kier molecular flexibility index (Phi) is 21.4. The molecule has 12 heteroatoms. The van der Waals surface area contributed by atoms with Crippen LogP contribution in [-0.4, -0.2) is 76.7 Å². The number of hydrogen-bond donors (Lipinski definition) is 2. The van der Waals surface area contributed by atoms with E-state index in [0.717, 1.165) is 6.42 Å². The van der Waals surface area contributed by atoms with Gasteiger partial charge in [0.2, 0.25) is 0 Å². The summed E-state index contributed by atoms with van der Waals surface area (Å²) in [5, 5.41) is 2.54. The first-order valence-corrected chi connectivity index (χ1v) is 14.4. The van der Waals surface area contributed by atoms with Crippen LogP contribution in [0.1, 0.15) is 54.9 Å². The highest BCUT2D eigenvalue weighted by molar-refractivity contribution is 6.60. The summed E-state index contributed by atoms with van der Waals surface area (Å²) in [6, 6.07) is 0.171. The summed E-state index contributed by atoms with van der Waals surface area (Å²) in [4.78, 5) is 10.5. The summed E-state index contributed by atoms with van der Waals surface area (Å²) in [5.41, 5.74) is 4.99. The predicted molar refractivity (Wildman–Crippen MR) is 120 cm³/mol. The fourth-order valence-corrected chi connectivity index (χ4v) is 7.00. The van der Waals surface area contributed by atoms with E-state index in [0.29, 0.717) is 58.8 Å². The Morgan fingerprint density at radius 2 is 1.00 bits per heavy atom. The largest absolute Gasteiger partial charge is 0.679 e. The molecule has 0 rings (SSSR count). The average Bonchev–Trinajstić information content (AvgIpc) is 2.67. The molecule has 2 amide bonds. The molecule has 0 spiro atoms. The minimum absolute atomic E-state index is 0.511. The Bertz CT molecular complexity index is 362. The van der Waals surface area contributed by atoms with Crippen molar-refractivity contribution in [3.05, 3.63) is 0 Å². The van der Waals surface area contributed by atoms with Gasteiger partial charge < -0.3 is 42.0 Å². The standard InChI is InChI=1S/C10H24N2O4Si.C8H20O4Si/c1-4-14-17(15-5-2,16-6-3)9-7-8-12-10(11)13;1-5-9-13(10-6-2,11-7-3)12-8-4/h4-9H2,1-3H3,(H3,11,12,13);5-8H2,1-4H3. The van der Waals surface area contributed by atoms with Crippen molar-refractivity contribution in [3.8, 4) is 0 Å². The summed E-state index contributed by atoms with van der Waals surface area (Å²) in [7, 11) is -5.36. The number of carbonyl (C=O) groups is 1. The first kappa shape index (κ1) is 31.6. The Morgan fingerprint density at radius 1 is 0.667 bits per heavy atom. The Balaban J connectivity index is 0. The number of urea groups is 1. The van der Waals surface area contributed by atoms with Crippen LogP contribution in [0, 0.1) is 0 Å². The maximum Gasteiger partial charge on any atom is 0.679 e. The zero-order chi connectivity index (χ0) is 23.3. The molecular formula is C18H44N2O8Si2. The van der Waals surface area contributed by atoms with Gasteiger partial charge in [-0.15, -0.1) is 0 Å². The molecule has 0 heterocycles. The van der Waals surface area contributed by atoms with Gasteiger partial charge in [0.05, 0.1) is 0 Å². The lowest BCUT2D eigenvalue weighted by Crippen LogP contribution is -2.49. The highest BCUT2D eigenvalue weighted by atomic mass is 28.4. The van der Waals surface area contributed by atoms with Gasteiger partial charge in [0.25, 0.3) is 0 Å². The topological polar surface area (TPSA) is 120 Å². The minimum atomic E-state index is -2.80. The number of hydrogen-bond acceptors (Lipinski definition) is 8. The van der Waals surface area contributed by atoms with E-state index in [-0.39, 0.29) is 0 Å². The predicted octanol–water partition coefficient (Wildman–Crippen LogP) is 2.66. The second-order valence-corrected chi connectivity index (χ2v) is 10.5. The molecule has 10 nitrogen and oxygen atoms in total. The van der Waals surface area contributed by atoms with Crippen LogP contribution in [0.25, 0.3) is 0 Å². The highest BCUT2D eigenvalue weighted by Crippen LogP contribution is 2.17. The van der Waals surface area contributed by atoms with E-state index >= 15 is 0 Å². The van der Waals surface area contributed by atoms with Crippen molar-refractivity contribution in [2.45, 2.75) is 60.9 Å². The van der Waals surface area contributed by atoms with Gasteiger partial charge in [-0.05, 0) is 54.9 Å². The third-order valence-electron chi connectivity index (χ3n) is 3.34. The zero-order valence-corrected chi connectivity index (χ0v) is 21.9. The molecular weight excluding hydrogens is 428 g/mol. The highest BCUT2D eigenvalue weighted by Gasteiger charge is 2.44. The lowest BCUT2D eigenvalue weighted by Gasteiger charge is -2.28. The SMILES string of the molecule is CCO[Si](CCCNC(N)=O)(OCC)OCC.CCO[Si](OCC)(OCC)OCC. The molecule has 30 heavy (non-hydrogen) atoms. The van der Waals surface area contributed by atoms with Gasteiger partial charge in [0.1, 0.15) is 0 Å². The quantitative estimate of drug-likeness (QED) is 0.231. The van der Waals surface area contributed by atoms with Crippen molar-refractivity contribution in [1.82, 2.24) is 5.32 Å². The molecule has 182 valence electrons. The molecule has 0 aromatic heterocycles. The van der Waals surface area contributed by atoms with Crippen LogP contribution in [-0.2, 0) is 31.0 Å². The number of nitrogens with two attached hydrogens (primary N) is 1. The maximum atomic E-state index is 10.5. The third-order valence-corrected chi connectivity index (χ3v) is 9.06. The van der Waals surface area contributed by atoms with Crippen LogP contribution in [0.2, 0.25) is 6.04 Å². The van der Waals surface area contributed by atoms with Crippen LogP contribution >= 0.6 is 0 Å². The molecule has 0 saturated carbocycles. The van der Waals surface area contributed by atoms with Gasteiger partial charge in [0.15, 0.2) is 0 Å². The Hall–Kier alpha value is -0.576. The van der Waals surface area contributed by atoms with Crippen molar-refractivity contribution in [1.29, 1.82) is 0 Å². The van der Waals surface area contributed by atoms with E-state index < -0.39 is 23.9 Å². The lowest BCUT2D eigenvalue weighted by molar-refractivity contribution is -0.0247. The number of primary amides is 1. The molecule has 0 aliphatic heterocycles. The van der Waals surface area contributed by atoms with Crippen molar-refractivity contribution < 1.29 is 35.8 Å². The molecule has 0 aromatic rings. The van der Waals surface area contributed by atoms with Gasteiger partial charge in [-0.2, -0.15) is 0 Å². The maximum absolute atomic E-state index is 10.5. The van der Waals surface area contributed by atoms with E-state index in [2.05, 4.69) is 5.32 Å². The van der Waals surface area contributed by atoms with Gasteiger partial charge in [-0.3, -0.25) is 0 Å². The van der Waals surface area contributed by atoms with Crippen molar-refractivity contribution in [2.75, 3.05) is 52.8 Å². The van der Waals surface area contributed by atoms with E-state index in [9.17, 15) is 4.79 Å². The fraction of sp³-hybridized carbons (Fsp3) is 0.944. The molecule has 0 unspecified atom stereocenters. The van der Waals surface area contributed by atoms with Crippen LogP contribution in [0.4, 0.5) is 4.79 Å². The first-order chi connectivity index (χ1) is 14.3. The molecule has 3 N–H and O–H groups in total. The van der Waals surface area contributed by atoms with Crippen LogP contribution in [0.5, 0.6) is 0 Å². The normalized spacial score (nSPS) is 11.7. The fourth-order valence-electron chi connectivity index (χ4n) is 2.47. The van der Waals surface area contributed by atoms with Crippen LogP contribution < -0.4 is 11.1 Å². The average molecular weight is 473 g/mol. The van der Waals surface area contributed by atoms with Crippen LogP contribution in [0.15, 0.2) is 0 Å². The summed E-state index contributed by atoms with van der Waals surface area (Å²) >= 11 is 0. The van der Waals surface area contributed by atoms with Gasteiger partial charge >= 0.3 is 23.9 Å². The van der Waals surface area contributed by atoms with E-state index in [1.165, 1.54) is 0 Å². The number of nitrogens with one attached hydrogen (secondary N) is 1. The summed E-state index contributed by atoms with van der Waals surface area (Å²) < 4.78 is 38.7.